The number of ketones is 1. The number of carbonyl (C=O) groups excluding carboxylic acids is 1. The molecule has 0 aliphatic carbocycles. The van der Waals surface area contributed by atoms with Gasteiger partial charge in [-0.1, -0.05) is 35.9 Å². The van der Waals surface area contributed by atoms with Gasteiger partial charge in [-0.25, -0.2) is 0 Å². The van der Waals surface area contributed by atoms with E-state index in [1.165, 1.54) is 25.1 Å². The number of aromatic nitrogens is 1. The van der Waals surface area contributed by atoms with E-state index in [0.29, 0.717) is 21.9 Å². The molecule has 0 spiro atoms. The highest BCUT2D eigenvalue weighted by Gasteiger charge is 2.15. The molecule has 2 aromatic carbocycles. The van der Waals surface area contributed by atoms with Gasteiger partial charge in [0.05, 0.1) is 10.9 Å². The number of nitrogens with zero attached hydrogens (tertiary/aromatic N) is 1. The third kappa shape index (κ3) is 2.32. The van der Waals surface area contributed by atoms with Gasteiger partial charge in [0, 0.05) is 23.5 Å². The molecule has 118 valence electrons. The summed E-state index contributed by atoms with van der Waals surface area (Å²) in [7, 11) is 0. The SMILES string of the molecule is CC(=O)c1cc(Cl)cc2c(=O)cc(-n3cc4ccccc4c3)oc12. The first-order valence-electron chi connectivity index (χ1n) is 7.38. The maximum absolute atomic E-state index is 12.5. The van der Waals surface area contributed by atoms with E-state index in [2.05, 4.69) is 0 Å². The topological polar surface area (TPSA) is 52.2 Å². The van der Waals surface area contributed by atoms with E-state index in [4.69, 9.17) is 16.0 Å². The molecule has 0 atom stereocenters. The van der Waals surface area contributed by atoms with Crippen LogP contribution in [0.15, 0.2) is 64.1 Å². The van der Waals surface area contributed by atoms with Crippen LogP contribution in [-0.4, -0.2) is 10.4 Å². The Labute approximate surface area is 141 Å². The van der Waals surface area contributed by atoms with Crippen LogP contribution in [-0.2, 0) is 0 Å². The second-order valence-corrected chi connectivity index (χ2v) is 6.07. The molecule has 0 saturated carbocycles. The molecule has 2 aromatic heterocycles. The molecule has 0 amide bonds. The number of hydrogen-bond donors (Lipinski definition) is 0. The number of rotatable bonds is 2. The minimum absolute atomic E-state index is 0.208. The van der Waals surface area contributed by atoms with Gasteiger partial charge in [0.2, 0.25) is 5.88 Å². The molecule has 0 radical (unpaired) electrons. The summed E-state index contributed by atoms with van der Waals surface area (Å²) in [6, 6.07) is 12.3. The Hall–Kier alpha value is -2.85. The van der Waals surface area contributed by atoms with Gasteiger partial charge >= 0.3 is 0 Å². The number of hydrogen-bond acceptors (Lipinski definition) is 3. The highest BCUT2D eigenvalue weighted by molar-refractivity contribution is 6.32. The van der Waals surface area contributed by atoms with E-state index in [1.54, 1.807) is 4.57 Å². The van der Waals surface area contributed by atoms with Crippen LogP contribution >= 0.6 is 11.6 Å². The van der Waals surface area contributed by atoms with Gasteiger partial charge < -0.3 is 4.42 Å². The van der Waals surface area contributed by atoms with Gasteiger partial charge in [-0.2, -0.15) is 0 Å². The van der Waals surface area contributed by atoms with Crippen LogP contribution in [0.5, 0.6) is 0 Å². The molecule has 4 nitrogen and oxygen atoms in total. The second kappa shape index (κ2) is 5.35. The zero-order chi connectivity index (χ0) is 16.8. The lowest BCUT2D eigenvalue weighted by molar-refractivity contribution is 0.101. The molecule has 4 rings (SSSR count). The lowest BCUT2D eigenvalue weighted by Gasteiger charge is -2.07. The molecule has 5 heteroatoms. The monoisotopic (exact) mass is 337 g/mol. The largest absolute Gasteiger partial charge is 0.439 e. The van der Waals surface area contributed by atoms with Crippen molar-refractivity contribution in [2.75, 3.05) is 0 Å². The number of halogens is 1. The van der Waals surface area contributed by atoms with Crippen LogP contribution in [0.3, 0.4) is 0 Å². The second-order valence-electron chi connectivity index (χ2n) is 5.63. The summed E-state index contributed by atoms with van der Waals surface area (Å²) in [5.41, 5.74) is 0.314. The standard InChI is InChI=1S/C19H12ClNO3/c1-11(22)15-6-14(20)7-16-17(23)8-18(24-19(15)16)21-9-12-4-2-3-5-13(12)10-21/h2-10H,1H3. The maximum Gasteiger partial charge on any atom is 0.208 e. The fourth-order valence-corrected chi connectivity index (χ4v) is 3.03. The van der Waals surface area contributed by atoms with Crippen molar-refractivity contribution >= 4 is 39.1 Å². The van der Waals surface area contributed by atoms with Gasteiger partial charge in [-0.05, 0) is 29.8 Å². The molecule has 0 bridgehead atoms. The van der Waals surface area contributed by atoms with Gasteiger partial charge in [-0.15, -0.1) is 0 Å². The Morgan fingerprint density at radius 1 is 1.08 bits per heavy atom. The summed E-state index contributed by atoms with van der Waals surface area (Å²) in [5, 5.41) is 2.69. The van der Waals surface area contributed by atoms with E-state index < -0.39 is 0 Å². The minimum Gasteiger partial charge on any atom is -0.439 e. The number of fused-ring (bicyclic) bond motifs is 2. The summed E-state index contributed by atoms with van der Waals surface area (Å²) >= 11 is 6.01. The Balaban J connectivity index is 2.03. The average molecular weight is 338 g/mol. The van der Waals surface area contributed by atoms with Crippen LogP contribution in [0.2, 0.25) is 5.02 Å². The molecule has 2 heterocycles. The Morgan fingerprint density at radius 2 is 1.75 bits per heavy atom. The van der Waals surface area contributed by atoms with Gasteiger partial charge in [0.25, 0.3) is 0 Å². The van der Waals surface area contributed by atoms with Crippen LogP contribution < -0.4 is 5.43 Å². The first kappa shape index (κ1) is 14.7. The molecular weight excluding hydrogens is 326 g/mol. The lowest BCUT2D eigenvalue weighted by Crippen LogP contribution is -2.06. The van der Waals surface area contributed by atoms with Gasteiger partial charge in [-0.3, -0.25) is 14.2 Å². The van der Waals surface area contributed by atoms with Crippen molar-refractivity contribution in [1.82, 2.24) is 4.57 Å². The minimum atomic E-state index is -0.242. The number of Topliss-reactive ketones (excluding diaryl/α,β-unsaturated/α-hetero) is 1. The summed E-state index contributed by atoms with van der Waals surface area (Å²) in [6.45, 7) is 1.42. The normalized spacial score (nSPS) is 11.2. The quantitative estimate of drug-likeness (QED) is 0.502. The average Bonchev–Trinajstić information content (AvgIpc) is 2.98. The van der Waals surface area contributed by atoms with E-state index in [9.17, 15) is 9.59 Å². The van der Waals surface area contributed by atoms with Crippen LogP contribution in [0.4, 0.5) is 0 Å². The lowest BCUT2D eigenvalue weighted by atomic mass is 10.1. The van der Waals surface area contributed by atoms with Crippen molar-refractivity contribution in [3.63, 3.8) is 0 Å². The van der Waals surface area contributed by atoms with Crippen LogP contribution in [0, 0.1) is 0 Å². The predicted octanol–water partition coefficient (Wildman–Crippen LogP) is 4.59. The molecule has 0 fully saturated rings. The van der Waals surface area contributed by atoms with Crippen molar-refractivity contribution in [3.8, 4) is 5.88 Å². The molecule has 0 aliphatic rings. The van der Waals surface area contributed by atoms with Crippen LogP contribution in [0.25, 0.3) is 27.6 Å². The molecule has 0 aliphatic heterocycles. The first-order chi connectivity index (χ1) is 11.5. The van der Waals surface area contributed by atoms with Crippen LogP contribution in [0.1, 0.15) is 17.3 Å². The summed E-state index contributed by atoms with van der Waals surface area (Å²) in [6.07, 6.45) is 3.76. The van der Waals surface area contributed by atoms with E-state index in [1.807, 2.05) is 36.7 Å². The maximum atomic E-state index is 12.5. The summed E-state index contributed by atoms with van der Waals surface area (Å²) < 4.78 is 7.63. The molecule has 0 saturated heterocycles. The Kier molecular flexibility index (Phi) is 3.28. The first-order valence-corrected chi connectivity index (χ1v) is 7.76. The van der Waals surface area contributed by atoms with E-state index in [-0.39, 0.29) is 16.8 Å². The van der Waals surface area contributed by atoms with E-state index >= 15 is 0 Å². The Bertz CT molecular complexity index is 1140. The zero-order valence-electron chi connectivity index (χ0n) is 12.7. The van der Waals surface area contributed by atoms with Gasteiger partial charge in [0.1, 0.15) is 0 Å². The third-order valence-electron chi connectivity index (χ3n) is 3.97. The molecule has 4 aromatic rings. The van der Waals surface area contributed by atoms with E-state index in [0.717, 1.165) is 10.8 Å². The van der Waals surface area contributed by atoms with Crippen molar-refractivity contribution < 1.29 is 9.21 Å². The smallest absolute Gasteiger partial charge is 0.208 e. The fourth-order valence-electron chi connectivity index (χ4n) is 2.81. The molecule has 24 heavy (non-hydrogen) atoms. The van der Waals surface area contributed by atoms with Crippen molar-refractivity contribution in [3.05, 3.63) is 75.7 Å². The number of carbonyl (C=O) groups is 1. The van der Waals surface area contributed by atoms with Crippen molar-refractivity contribution in [1.29, 1.82) is 0 Å². The van der Waals surface area contributed by atoms with Crippen molar-refractivity contribution in [2.24, 2.45) is 0 Å². The summed E-state index contributed by atoms with van der Waals surface area (Å²) in [5.74, 6) is 0.147. The number of benzene rings is 2. The predicted molar refractivity (Wildman–Crippen MR) is 94.3 cm³/mol. The van der Waals surface area contributed by atoms with Crippen molar-refractivity contribution in [2.45, 2.75) is 6.92 Å². The molecule has 0 unspecified atom stereocenters. The molecule has 0 N–H and O–H groups in total. The highest BCUT2D eigenvalue weighted by Crippen LogP contribution is 2.26. The Morgan fingerprint density at radius 3 is 2.38 bits per heavy atom. The highest BCUT2D eigenvalue weighted by atomic mass is 35.5. The zero-order valence-corrected chi connectivity index (χ0v) is 13.5. The fraction of sp³-hybridized carbons (Fsp3) is 0.0526. The van der Waals surface area contributed by atoms with Gasteiger partial charge in [0.15, 0.2) is 16.8 Å². The third-order valence-corrected chi connectivity index (χ3v) is 4.18. The summed E-state index contributed by atoms with van der Waals surface area (Å²) in [4.78, 5) is 24.4. The molecular formula is C19H12ClNO3.